The van der Waals surface area contributed by atoms with Crippen LogP contribution in [0.25, 0.3) is 23.1 Å². The molecule has 2 N–H and O–H groups in total. The quantitative estimate of drug-likeness (QED) is 0.710. The predicted octanol–water partition coefficient (Wildman–Crippen LogP) is 2.14. The summed E-state index contributed by atoms with van der Waals surface area (Å²) >= 11 is 0. The van der Waals surface area contributed by atoms with Crippen molar-refractivity contribution in [1.82, 2.24) is 20.0 Å². The summed E-state index contributed by atoms with van der Waals surface area (Å²) in [5.41, 5.74) is 1.37. The second-order valence-corrected chi connectivity index (χ2v) is 6.90. The number of hydrogen-bond donors (Lipinski definition) is 2. The van der Waals surface area contributed by atoms with Gasteiger partial charge in [-0.1, -0.05) is 0 Å². The minimum absolute atomic E-state index is 0.0611. The maximum absolute atomic E-state index is 12.5. The number of likely N-dealkylation sites (tertiary alicyclic amines) is 1. The van der Waals surface area contributed by atoms with Crippen molar-refractivity contribution in [3.8, 4) is 23.1 Å². The summed E-state index contributed by atoms with van der Waals surface area (Å²) in [7, 11) is 3.78. The molecular weight excluding hydrogens is 362 g/mol. The number of nitrogens with zero attached hydrogens (tertiary/aromatic N) is 4. The molecule has 3 heterocycles. The van der Waals surface area contributed by atoms with Gasteiger partial charge in [0.05, 0.1) is 25.0 Å². The van der Waals surface area contributed by atoms with Crippen molar-refractivity contribution < 1.29 is 18.7 Å². The second kappa shape index (κ2) is 7.45. The zero-order chi connectivity index (χ0) is 19.7. The standard InChI is InChI=1S/C19H21N5O4/c1-23(2)14-10-24(11-15(14)25)19(26)20-13-7-5-12(6-8-13)17-21-22-18(28-17)16-4-3-9-27-16/h3-9,14-15,25H,10-11H2,1-2H3,(H,20,26)/t14-,15-/m0/s1. The third-order valence-corrected chi connectivity index (χ3v) is 4.75. The Bertz CT molecular complexity index is 936. The van der Waals surface area contributed by atoms with Gasteiger partial charge in [-0.25, -0.2) is 4.79 Å². The lowest BCUT2D eigenvalue weighted by atomic mass is 10.2. The third-order valence-electron chi connectivity index (χ3n) is 4.75. The third kappa shape index (κ3) is 3.62. The maximum atomic E-state index is 12.5. The summed E-state index contributed by atoms with van der Waals surface area (Å²) in [4.78, 5) is 16.0. The summed E-state index contributed by atoms with van der Waals surface area (Å²) in [6, 6.07) is 10.3. The van der Waals surface area contributed by atoms with Crippen LogP contribution in [-0.4, -0.2) is 70.5 Å². The van der Waals surface area contributed by atoms with Crippen LogP contribution in [0.5, 0.6) is 0 Å². The summed E-state index contributed by atoms with van der Waals surface area (Å²) < 4.78 is 10.9. The van der Waals surface area contributed by atoms with Gasteiger partial charge in [0.1, 0.15) is 0 Å². The average Bonchev–Trinajstić information content (AvgIpc) is 3.42. The number of benzene rings is 1. The van der Waals surface area contributed by atoms with Crippen molar-refractivity contribution >= 4 is 11.7 Å². The number of aromatic nitrogens is 2. The maximum Gasteiger partial charge on any atom is 0.321 e. The number of rotatable bonds is 4. The highest BCUT2D eigenvalue weighted by Gasteiger charge is 2.35. The van der Waals surface area contributed by atoms with Crippen molar-refractivity contribution in [3.63, 3.8) is 0 Å². The summed E-state index contributed by atoms with van der Waals surface area (Å²) in [5.74, 6) is 1.17. The van der Waals surface area contributed by atoms with Gasteiger partial charge in [0.2, 0.25) is 5.89 Å². The zero-order valence-electron chi connectivity index (χ0n) is 15.6. The summed E-state index contributed by atoms with van der Waals surface area (Å²) in [5, 5.41) is 20.9. The number of urea groups is 1. The van der Waals surface area contributed by atoms with Crippen LogP contribution in [0.15, 0.2) is 51.5 Å². The number of hydrogen-bond acceptors (Lipinski definition) is 7. The number of carbonyl (C=O) groups excluding carboxylic acids is 1. The predicted molar refractivity (Wildman–Crippen MR) is 102 cm³/mol. The van der Waals surface area contributed by atoms with E-state index >= 15 is 0 Å². The molecule has 0 radical (unpaired) electrons. The average molecular weight is 383 g/mol. The number of amides is 2. The second-order valence-electron chi connectivity index (χ2n) is 6.90. The molecule has 0 unspecified atom stereocenters. The highest BCUT2D eigenvalue weighted by molar-refractivity contribution is 5.89. The molecule has 0 spiro atoms. The number of aliphatic hydroxyl groups excluding tert-OH is 1. The fourth-order valence-corrected chi connectivity index (χ4v) is 3.18. The number of anilines is 1. The van der Waals surface area contributed by atoms with Crippen molar-refractivity contribution in [3.05, 3.63) is 42.7 Å². The molecule has 1 aliphatic rings. The van der Waals surface area contributed by atoms with Crippen LogP contribution in [0, 0.1) is 0 Å². The minimum Gasteiger partial charge on any atom is -0.459 e. The first-order valence-electron chi connectivity index (χ1n) is 8.89. The first-order valence-corrected chi connectivity index (χ1v) is 8.89. The molecule has 1 aliphatic heterocycles. The lowest BCUT2D eigenvalue weighted by Gasteiger charge is -2.21. The van der Waals surface area contributed by atoms with Crippen LogP contribution in [0.2, 0.25) is 0 Å². The van der Waals surface area contributed by atoms with Gasteiger partial charge in [0, 0.05) is 17.8 Å². The van der Waals surface area contributed by atoms with Crippen LogP contribution < -0.4 is 5.32 Å². The number of furan rings is 1. The van der Waals surface area contributed by atoms with E-state index in [-0.39, 0.29) is 12.1 Å². The Morgan fingerprint density at radius 2 is 1.93 bits per heavy atom. The molecule has 4 rings (SSSR count). The molecule has 2 aromatic heterocycles. The smallest absolute Gasteiger partial charge is 0.321 e. The molecule has 0 aliphatic carbocycles. The lowest BCUT2D eigenvalue weighted by molar-refractivity contribution is 0.113. The fourth-order valence-electron chi connectivity index (χ4n) is 3.18. The summed E-state index contributed by atoms with van der Waals surface area (Å²) in [6.07, 6.45) is 0.987. The number of likely N-dealkylation sites (N-methyl/N-ethyl adjacent to an activating group) is 1. The molecule has 1 fully saturated rings. The Hall–Kier alpha value is -3.17. The highest BCUT2D eigenvalue weighted by Crippen LogP contribution is 2.25. The van der Waals surface area contributed by atoms with Crippen molar-refractivity contribution in [2.45, 2.75) is 12.1 Å². The van der Waals surface area contributed by atoms with Gasteiger partial charge < -0.3 is 29.1 Å². The van der Waals surface area contributed by atoms with E-state index < -0.39 is 6.10 Å². The molecule has 3 aromatic rings. The van der Waals surface area contributed by atoms with Crippen molar-refractivity contribution in [1.29, 1.82) is 0 Å². The van der Waals surface area contributed by atoms with Gasteiger partial charge in [-0.15, -0.1) is 10.2 Å². The van der Waals surface area contributed by atoms with Crippen LogP contribution in [0.4, 0.5) is 10.5 Å². The molecule has 1 aromatic carbocycles. The molecule has 0 saturated carbocycles. The highest BCUT2D eigenvalue weighted by atomic mass is 16.4. The van der Waals surface area contributed by atoms with E-state index in [2.05, 4.69) is 15.5 Å². The number of nitrogens with one attached hydrogen (secondary N) is 1. The van der Waals surface area contributed by atoms with Gasteiger partial charge >= 0.3 is 6.03 Å². The van der Waals surface area contributed by atoms with E-state index in [1.807, 2.05) is 19.0 Å². The summed E-state index contributed by atoms with van der Waals surface area (Å²) in [6.45, 7) is 0.792. The van der Waals surface area contributed by atoms with Crippen LogP contribution >= 0.6 is 0 Å². The monoisotopic (exact) mass is 383 g/mol. The Morgan fingerprint density at radius 3 is 2.57 bits per heavy atom. The molecule has 1 saturated heterocycles. The molecule has 2 atom stereocenters. The van der Waals surface area contributed by atoms with Crippen LogP contribution in [0.3, 0.4) is 0 Å². The number of β-amino-alcohol motifs (C(OH)–C–C–N with tert-alkyl or cyclic N) is 1. The molecule has 9 heteroatoms. The van der Waals surface area contributed by atoms with Gasteiger partial charge in [-0.05, 0) is 50.5 Å². The Kier molecular flexibility index (Phi) is 4.84. The van der Waals surface area contributed by atoms with E-state index in [1.54, 1.807) is 41.3 Å². The van der Waals surface area contributed by atoms with Crippen LogP contribution in [0.1, 0.15) is 0 Å². The van der Waals surface area contributed by atoms with Gasteiger partial charge in [-0.2, -0.15) is 0 Å². The van der Waals surface area contributed by atoms with Gasteiger partial charge in [-0.3, -0.25) is 0 Å². The topological polar surface area (TPSA) is 108 Å². The normalized spacial score (nSPS) is 19.4. The Morgan fingerprint density at radius 1 is 1.18 bits per heavy atom. The van der Waals surface area contributed by atoms with E-state index in [4.69, 9.17) is 8.83 Å². The SMILES string of the molecule is CN(C)[C@H]1CN(C(=O)Nc2ccc(-c3nnc(-c4ccco4)o3)cc2)C[C@@H]1O. The Labute approximate surface area is 161 Å². The first kappa shape index (κ1) is 18.2. The molecule has 9 nitrogen and oxygen atoms in total. The molecular formula is C19H21N5O4. The van der Waals surface area contributed by atoms with Crippen LogP contribution in [-0.2, 0) is 0 Å². The van der Waals surface area contributed by atoms with E-state index in [0.717, 1.165) is 5.56 Å². The molecule has 2 amide bonds. The zero-order valence-corrected chi connectivity index (χ0v) is 15.6. The molecule has 146 valence electrons. The first-order chi connectivity index (χ1) is 13.5. The lowest BCUT2D eigenvalue weighted by Crippen LogP contribution is -2.38. The Balaban J connectivity index is 1.41. The largest absolute Gasteiger partial charge is 0.459 e. The number of carbonyl (C=O) groups is 1. The number of aliphatic hydroxyl groups is 1. The fraction of sp³-hybridized carbons (Fsp3) is 0.316. The van der Waals surface area contributed by atoms with Crippen molar-refractivity contribution in [2.75, 3.05) is 32.5 Å². The minimum atomic E-state index is -0.552. The van der Waals surface area contributed by atoms with E-state index in [0.29, 0.717) is 36.3 Å². The van der Waals surface area contributed by atoms with Crippen molar-refractivity contribution in [2.24, 2.45) is 0 Å². The van der Waals surface area contributed by atoms with Gasteiger partial charge in [0.25, 0.3) is 5.89 Å². The van der Waals surface area contributed by atoms with E-state index in [9.17, 15) is 9.90 Å². The van der Waals surface area contributed by atoms with E-state index in [1.165, 1.54) is 6.26 Å². The van der Waals surface area contributed by atoms with Gasteiger partial charge in [0.15, 0.2) is 5.76 Å². The molecule has 0 bridgehead atoms. The molecule has 28 heavy (non-hydrogen) atoms.